The van der Waals surface area contributed by atoms with Crippen LogP contribution in [0.5, 0.6) is 0 Å². The number of pyridine rings is 1. The number of carbonyl (C=O) groups excluding carboxylic acids is 1. The van der Waals surface area contributed by atoms with Gasteiger partial charge in [-0.25, -0.2) is 4.98 Å². The van der Waals surface area contributed by atoms with Crippen molar-refractivity contribution < 1.29 is 4.79 Å². The highest BCUT2D eigenvalue weighted by Crippen LogP contribution is 2.33. The first-order valence-electron chi connectivity index (χ1n) is 9.48. The maximum Gasteiger partial charge on any atom is 0.254 e. The average Bonchev–Trinajstić information content (AvgIpc) is 3.19. The van der Waals surface area contributed by atoms with Gasteiger partial charge in [0.1, 0.15) is 5.82 Å². The zero-order chi connectivity index (χ0) is 17.9. The lowest BCUT2D eigenvalue weighted by Gasteiger charge is -2.33. The molecule has 1 unspecified atom stereocenters. The van der Waals surface area contributed by atoms with E-state index in [4.69, 9.17) is 4.98 Å². The first-order valence-corrected chi connectivity index (χ1v) is 9.48. The van der Waals surface area contributed by atoms with Crippen LogP contribution in [0.3, 0.4) is 0 Å². The average molecular weight is 350 g/mol. The standard InChI is InChI=1S/C21H26N4O/c1-23-12-14-24(15-13-23)20-10-9-18(16-22-20)19-8-5-11-25(19)21(26)17-6-3-2-4-7-17/h2-4,6-7,9-10,16,19H,5,8,11-15H2,1H3. The zero-order valence-electron chi connectivity index (χ0n) is 15.3. The minimum atomic E-state index is 0.122. The molecule has 2 saturated heterocycles. The Kier molecular flexibility index (Phi) is 4.89. The van der Waals surface area contributed by atoms with Crippen molar-refractivity contribution in [3.8, 4) is 0 Å². The Morgan fingerprint density at radius 1 is 1.00 bits per heavy atom. The van der Waals surface area contributed by atoms with Gasteiger partial charge in [-0.1, -0.05) is 24.3 Å². The van der Waals surface area contributed by atoms with Crippen LogP contribution in [0.1, 0.15) is 34.8 Å². The van der Waals surface area contributed by atoms with Crippen LogP contribution in [-0.2, 0) is 0 Å². The van der Waals surface area contributed by atoms with Crippen molar-refractivity contribution >= 4 is 11.7 Å². The summed E-state index contributed by atoms with van der Waals surface area (Å²) >= 11 is 0. The lowest BCUT2D eigenvalue weighted by Crippen LogP contribution is -2.44. The van der Waals surface area contributed by atoms with E-state index < -0.39 is 0 Å². The highest BCUT2D eigenvalue weighted by molar-refractivity contribution is 5.94. The van der Waals surface area contributed by atoms with Gasteiger partial charge in [-0.05, 0) is 43.7 Å². The van der Waals surface area contributed by atoms with Crippen molar-refractivity contribution in [2.75, 3.05) is 44.7 Å². The molecule has 0 bridgehead atoms. The Labute approximate surface area is 155 Å². The number of piperazine rings is 1. The SMILES string of the molecule is CN1CCN(c2ccc(C3CCCN3C(=O)c3ccccc3)cn2)CC1. The molecule has 0 saturated carbocycles. The summed E-state index contributed by atoms with van der Waals surface area (Å²) in [6, 6.07) is 14.0. The van der Waals surface area contributed by atoms with Gasteiger partial charge in [-0.2, -0.15) is 0 Å². The predicted molar refractivity (Wildman–Crippen MR) is 103 cm³/mol. The van der Waals surface area contributed by atoms with Gasteiger partial charge in [-0.3, -0.25) is 4.79 Å². The van der Waals surface area contributed by atoms with Crippen LogP contribution < -0.4 is 4.90 Å². The van der Waals surface area contributed by atoms with Crippen molar-refractivity contribution in [2.45, 2.75) is 18.9 Å². The fraction of sp³-hybridized carbons (Fsp3) is 0.429. The summed E-state index contributed by atoms with van der Waals surface area (Å²) in [5.74, 6) is 1.16. The number of amides is 1. The van der Waals surface area contributed by atoms with Crippen LogP contribution in [0.2, 0.25) is 0 Å². The summed E-state index contributed by atoms with van der Waals surface area (Å²) in [5, 5.41) is 0. The number of carbonyl (C=O) groups is 1. The van der Waals surface area contributed by atoms with Crippen molar-refractivity contribution in [2.24, 2.45) is 0 Å². The molecule has 1 aromatic heterocycles. The van der Waals surface area contributed by atoms with Gasteiger partial charge in [0.2, 0.25) is 0 Å². The third-order valence-corrected chi connectivity index (χ3v) is 5.52. The van der Waals surface area contributed by atoms with Gasteiger partial charge in [0.15, 0.2) is 0 Å². The molecule has 1 amide bonds. The molecule has 2 fully saturated rings. The molecule has 0 aliphatic carbocycles. The molecule has 0 spiro atoms. The van der Waals surface area contributed by atoms with E-state index in [9.17, 15) is 4.79 Å². The molecule has 5 heteroatoms. The van der Waals surface area contributed by atoms with Gasteiger partial charge < -0.3 is 14.7 Å². The van der Waals surface area contributed by atoms with E-state index in [1.54, 1.807) is 0 Å². The number of likely N-dealkylation sites (N-methyl/N-ethyl adjacent to an activating group) is 1. The fourth-order valence-corrected chi connectivity index (χ4v) is 3.92. The normalized spacial score (nSPS) is 21.2. The molecule has 4 rings (SSSR count). The molecule has 136 valence electrons. The fourth-order valence-electron chi connectivity index (χ4n) is 3.92. The first-order chi connectivity index (χ1) is 12.7. The molecule has 1 atom stereocenters. The first kappa shape index (κ1) is 17.0. The van der Waals surface area contributed by atoms with Crippen LogP contribution in [0.25, 0.3) is 0 Å². The quantitative estimate of drug-likeness (QED) is 0.853. The van der Waals surface area contributed by atoms with Crippen LogP contribution in [-0.4, -0.2) is 60.5 Å². The van der Waals surface area contributed by atoms with Gasteiger partial charge in [0, 0.05) is 44.5 Å². The summed E-state index contributed by atoms with van der Waals surface area (Å²) in [4.78, 5) is 24.3. The minimum absolute atomic E-state index is 0.122. The number of hydrogen-bond acceptors (Lipinski definition) is 4. The van der Waals surface area contributed by atoms with E-state index in [2.05, 4.69) is 29.0 Å². The minimum Gasteiger partial charge on any atom is -0.354 e. The Balaban J connectivity index is 1.49. The number of likely N-dealkylation sites (tertiary alicyclic amines) is 1. The lowest BCUT2D eigenvalue weighted by molar-refractivity contribution is 0.0735. The van der Waals surface area contributed by atoms with Crippen LogP contribution in [0.15, 0.2) is 48.7 Å². The molecule has 0 radical (unpaired) electrons. The highest BCUT2D eigenvalue weighted by atomic mass is 16.2. The number of hydrogen-bond donors (Lipinski definition) is 0. The summed E-state index contributed by atoms with van der Waals surface area (Å²) in [6.45, 7) is 5.01. The van der Waals surface area contributed by atoms with Gasteiger partial charge in [0.05, 0.1) is 6.04 Å². The molecule has 2 aliphatic heterocycles. The Morgan fingerprint density at radius 2 is 1.77 bits per heavy atom. The third-order valence-electron chi connectivity index (χ3n) is 5.52. The zero-order valence-corrected chi connectivity index (χ0v) is 15.3. The molecule has 1 aromatic carbocycles. The summed E-state index contributed by atoms with van der Waals surface area (Å²) in [6.07, 6.45) is 4.02. The molecule has 26 heavy (non-hydrogen) atoms. The van der Waals surface area contributed by atoms with Crippen molar-refractivity contribution in [1.29, 1.82) is 0 Å². The third kappa shape index (κ3) is 3.44. The van der Waals surface area contributed by atoms with Crippen molar-refractivity contribution in [1.82, 2.24) is 14.8 Å². The topological polar surface area (TPSA) is 39.7 Å². The second-order valence-electron chi connectivity index (χ2n) is 7.26. The Morgan fingerprint density at radius 3 is 2.46 bits per heavy atom. The number of benzene rings is 1. The molecule has 2 aliphatic rings. The maximum absolute atomic E-state index is 12.9. The van der Waals surface area contributed by atoms with Gasteiger partial charge >= 0.3 is 0 Å². The largest absolute Gasteiger partial charge is 0.354 e. The number of nitrogens with zero attached hydrogens (tertiary/aromatic N) is 4. The van der Waals surface area contributed by atoms with Gasteiger partial charge in [0.25, 0.3) is 5.91 Å². The second kappa shape index (κ2) is 7.46. The second-order valence-corrected chi connectivity index (χ2v) is 7.26. The van der Waals surface area contributed by atoms with Crippen LogP contribution >= 0.6 is 0 Å². The summed E-state index contributed by atoms with van der Waals surface area (Å²) in [7, 11) is 2.16. The predicted octanol–water partition coefficient (Wildman–Crippen LogP) is 2.81. The van der Waals surface area contributed by atoms with Crippen molar-refractivity contribution in [3.05, 3.63) is 59.8 Å². The van der Waals surface area contributed by atoms with E-state index in [1.807, 2.05) is 41.4 Å². The lowest BCUT2D eigenvalue weighted by atomic mass is 10.1. The molecule has 0 N–H and O–H groups in total. The Bertz CT molecular complexity index is 738. The monoisotopic (exact) mass is 350 g/mol. The molecular formula is C21H26N4O. The number of aromatic nitrogens is 1. The highest BCUT2D eigenvalue weighted by Gasteiger charge is 2.30. The summed E-state index contributed by atoms with van der Waals surface area (Å²) in [5.41, 5.74) is 1.91. The van der Waals surface area contributed by atoms with Gasteiger partial charge in [-0.15, -0.1) is 0 Å². The summed E-state index contributed by atoms with van der Waals surface area (Å²) < 4.78 is 0. The number of anilines is 1. The van der Waals surface area contributed by atoms with E-state index in [0.717, 1.165) is 62.5 Å². The smallest absolute Gasteiger partial charge is 0.254 e. The van der Waals surface area contributed by atoms with E-state index in [1.165, 1.54) is 0 Å². The van der Waals surface area contributed by atoms with Crippen LogP contribution in [0, 0.1) is 0 Å². The van der Waals surface area contributed by atoms with Crippen molar-refractivity contribution in [3.63, 3.8) is 0 Å². The molecular weight excluding hydrogens is 324 g/mol. The van der Waals surface area contributed by atoms with E-state index >= 15 is 0 Å². The maximum atomic E-state index is 12.9. The molecule has 5 nitrogen and oxygen atoms in total. The Hall–Kier alpha value is -2.40. The molecule has 3 heterocycles. The van der Waals surface area contributed by atoms with E-state index in [-0.39, 0.29) is 11.9 Å². The molecule has 2 aromatic rings. The van der Waals surface area contributed by atoms with Crippen LogP contribution in [0.4, 0.5) is 5.82 Å². The van der Waals surface area contributed by atoms with E-state index in [0.29, 0.717) is 0 Å². The number of rotatable bonds is 3.